The van der Waals surface area contributed by atoms with E-state index in [1.54, 1.807) is 48.3 Å². The zero-order valence-corrected chi connectivity index (χ0v) is 17.5. The zero-order chi connectivity index (χ0) is 21.8. The number of carbonyl (C=O) groups excluding carboxylic acids is 1. The second kappa shape index (κ2) is 9.13. The predicted octanol–water partition coefficient (Wildman–Crippen LogP) is 3.68. The molecule has 0 saturated heterocycles. The Kier molecular flexibility index (Phi) is 6.13. The number of rotatable bonds is 7. The molecule has 1 aromatic carbocycles. The Morgan fingerprint density at radius 3 is 2.81 bits per heavy atom. The van der Waals surface area contributed by atoms with Crippen LogP contribution in [0.25, 0.3) is 22.4 Å². The minimum Gasteiger partial charge on any atom is -0.350 e. The Labute approximate surface area is 181 Å². The molecule has 0 saturated carbocycles. The number of carbonyl (C=O) groups is 1. The lowest BCUT2D eigenvalue weighted by atomic mass is 10.1. The highest BCUT2D eigenvalue weighted by molar-refractivity contribution is 7.98. The monoisotopic (exact) mass is 437 g/mol. The standard InChI is InChI=1S/C22H20FN5O2S/c1-31-10-8-16(18-12-20(29)28-21(26-18)17-6-2-3-9-24-17)27-22(30)19-11-13-14(23)5-4-7-15(13)25-19/h2-7,9,11-12,16,25H,8,10H2,1H3,(H,27,30)(H,26,28,29)/t16-/m0/s1. The topological polar surface area (TPSA) is 104 Å². The number of hydrogen-bond donors (Lipinski definition) is 3. The van der Waals surface area contributed by atoms with Gasteiger partial charge in [0.2, 0.25) is 0 Å². The summed E-state index contributed by atoms with van der Waals surface area (Å²) in [7, 11) is 0. The molecule has 31 heavy (non-hydrogen) atoms. The number of aromatic amines is 2. The number of halogens is 1. The van der Waals surface area contributed by atoms with Gasteiger partial charge in [-0.15, -0.1) is 0 Å². The smallest absolute Gasteiger partial charge is 0.268 e. The van der Waals surface area contributed by atoms with Gasteiger partial charge in [-0.2, -0.15) is 11.8 Å². The van der Waals surface area contributed by atoms with Crippen molar-refractivity contribution in [1.29, 1.82) is 0 Å². The molecule has 0 aliphatic carbocycles. The minimum atomic E-state index is -0.499. The van der Waals surface area contributed by atoms with Crippen LogP contribution in [0, 0.1) is 5.82 Å². The van der Waals surface area contributed by atoms with E-state index in [9.17, 15) is 14.0 Å². The van der Waals surface area contributed by atoms with Crippen LogP contribution in [-0.2, 0) is 0 Å². The van der Waals surface area contributed by atoms with Crippen molar-refractivity contribution < 1.29 is 9.18 Å². The number of thioether (sulfide) groups is 1. The predicted molar refractivity (Wildman–Crippen MR) is 120 cm³/mol. The summed E-state index contributed by atoms with van der Waals surface area (Å²) in [4.78, 5) is 39.6. The number of hydrogen-bond acceptors (Lipinski definition) is 5. The van der Waals surface area contributed by atoms with E-state index in [2.05, 4.69) is 25.3 Å². The number of H-pyrrole nitrogens is 2. The van der Waals surface area contributed by atoms with Gasteiger partial charge in [-0.1, -0.05) is 12.1 Å². The first-order valence-corrected chi connectivity index (χ1v) is 11.0. The van der Waals surface area contributed by atoms with Crippen LogP contribution in [0.15, 0.2) is 59.5 Å². The highest BCUT2D eigenvalue weighted by Crippen LogP contribution is 2.22. The number of fused-ring (bicyclic) bond motifs is 1. The minimum absolute atomic E-state index is 0.240. The zero-order valence-electron chi connectivity index (χ0n) is 16.7. The maximum atomic E-state index is 14.0. The maximum Gasteiger partial charge on any atom is 0.268 e. The van der Waals surface area contributed by atoms with Gasteiger partial charge in [0.1, 0.15) is 17.2 Å². The Hall–Kier alpha value is -3.46. The fourth-order valence-electron chi connectivity index (χ4n) is 3.29. The fraction of sp³-hybridized carbons (Fsp3) is 0.182. The second-order valence-corrected chi connectivity index (χ2v) is 7.91. The van der Waals surface area contributed by atoms with E-state index in [4.69, 9.17) is 0 Å². The van der Waals surface area contributed by atoms with Gasteiger partial charge in [0.15, 0.2) is 5.82 Å². The quantitative estimate of drug-likeness (QED) is 0.409. The van der Waals surface area contributed by atoms with Gasteiger partial charge in [-0.3, -0.25) is 14.6 Å². The Morgan fingerprint density at radius 2 is 2.06 bits per heavy atom. The third-order valence-corrected chi connectivity index (χ3v) is 5.44. The van der Waals surface area contributed by atoms with E-state index in [0.29, 0.717) is 34.5 Å². The largest absolute Gasteiger partial charge is 0.350 e. The third kappa shape index (κ3) is 4.66. The molecule has 0 unspecified atom stereocenters. The molecule has 0 bridgehead atoms. The van der Waals surface area contributed by atoms with Gasteiger partial charge >= 0.3 is 0 Å². The summed E-state index contributed by atoms with van der Waals surface area (Å²) in [6.45, 7) is 0. The molecule has 0 radical (unpaired) electrons. The third-order valence-electron chi connectivity index (χ3n) is 4.80. The molecule has 1 amide bonds. The van der Waals surface area contributed by atoms with Crippen LogP contribution in [0.1, 0.15) is 28.6 Å². The molecule has 4 aromatic rings. The molecule has 7 nitrogen and oxygen atoms in total. The number of aromatic nitrogens is 4. The first-order chi connectivity index (χ1) is 15.0. The van der Waals surface area contributed by atoms with Gasteiger partial charge in [-0.25, -0.2) is 9.37 Å². The summed E-state index contributed by atoms with van der Waals surface area (Å²) in [6, 6.07) is 12.3. The van der Waals surface area contributed by atoms with E-state index in [1.165, 1.54) is 18.2 Å². The van der Waals surface area contributed by atoms with Crippen LogP contribution >= 0.6 is 11.8 Å². The molecule has 3 N–H and O–H groups in total. The van der Waals surface area contributed by atoms with Crippen LogP contribution in [0.3, 0.4) is 0 Å². The molecule has 1 atom stereocenters. The van der Waals surface area contributed by atoms with Crippen LogP contribution in [0.4, 0.5) is 4.39 Å². The summed E-state index contributed by atoms with van der Waals surface area (Å²) >= 11 is 1.62. The summed E-state index contributed by atoms with van der Waals surface area (Å²) < 4.78 is 14.0. The molecule has 3 heterocycles. The average molecular weight is 438 g/mol. The van der Waals surface area contributed by atoms with Crippen molar-refractivity contribution in [3.05, 3.63) is 82.3 Å². The van der Waals surface area contributed by atoms with Gasteiger partial charge in [0, 0.05) is 23.2 Å². The van der Waals surface area contributed by atoms with Gasteiger partial charge in [-0.05, 0) is 48.8 Å². The molecular formula is C22H20FN5O2S. The van der Waals surface area contributed by atoms with Crippen LogP contribution < -0.4 is 10.9 Å². The summed E-state index contributed by atoms with van der Waals surface area (Å²) in [5.41, 5.74) is 1.42. The lowest BCUT2D eigenvalue weighted by molar-refractivity contribution is 0.0930. The van der Waals surface area contributed by atoms with Crippen molar-refractivity contribution in [2.45, 2.75) is 12.5 Å². The normalized spacial score (nSPS) is 12.1. The summed E-state index contributed by atoms with van der Waals surface area (Å²) in [5, 5.41) is 3.28. The van der Waals surface area contributed by atoms with Gasteiger partial charge in [0.25, 0.3) is 11.5 Å². The van der Waals surface area contributed by atoms with Gasteiger partial charge in [0.05, 0.1) is 11.7 Å². The lowest BCUT2D eigenvalue weighted by Crippen LogP contribution is -2.31. The Bertz CT molecular complexity index is 1270. The Morgan fingerprint density at radius 1 is 1.19 bits per heavy atom. The highest BCUT2D eigenvalue weighted by Gasteiger charge is 2.20. The lowest BCUT2D eigenvalue weighted by Gasteiger charge is -2.18. The summed E-state index contributed by atoms with van der Waals surface area (Å²) in [6.07, 6.45) is 4.15. The molecular weight excluding hydrogens is 417 g/mol. The van der Waals surface area contributed by atoms with E-state index in [-0.39, 0.29) is 11.3 Å². The second-order valence-electron chi connectivity index (χ2n) is 6.93. The van der Waals surface area contributed by atoms with Crippen molar-refractivity contribution in [3.63, 3.8) is 0 Å². The highest BCUT2D eigenvalue weighted by atomic mass is 32.2. The molecule has 0 fully saturated rings. The van der Waals surface area contributed by atoms with E-state index in [1.807, 2.05) is 6.26 Å². The molecule has 158 valence electrons. The van der Waals surface area contributed by atoms with Crippen LogP contribution in [0.5, 0.6) is 0 Å². The van der Waals surface area contributed by atoms with E-state index in [0.717, 1.165) is 5.75 Å². The number of nitrogens with one attached hydrogen (secondary N) is 3. The number of nitrogens with zero attached hydrogens (tertiary/aromatic N) is 2. The van der Waals surface area contributed by atoms with Crippen molar-refractivity contribution >= 4 is 28.6 Å². The molecule has 9 heteroatoms. The van der Waals surface area contributed by atoms with Gasteiger partial charge < -0.3 is 15.3 Å². The first-order valence-electron chi connectivity index (χ1n) is 9.65. The van der Waals surface area contributed by atoms with E-state index < -0.39 is 17.8 Å². The SMILES string of the molecule is CSCC[C@H](NC(=O)c1cc2c(F)cccc2[nH]1)c1cc(=O)[nH]c(-c2ccccn2)n1. The van der Waals surface area contributed by atoms with Crippen LogP contribution in [0.2, 0.25) is 0 Å². The first kappa shape index (κ1) is 20.8. The fourth-order valence-corrected chi connectivity index (χ4v) is 3.76. The van der Waals surface area contributed by atoms with Crippen LogP contribution in [-0.4, -0.2) is 37.9 Å². The molecule has 3 aromatic heterocycles. The van der Waals surface area contributed by atoms with E-state index >= 15 is 0 Å². The number of benzene rings is 1. The average Bonchev–Trinajstić information content (AvgIpc) is 3.23. The summed E-state index contributed by atoms with van der Waals surface area (Å²) in [5.74, 6) is 0.282. The number of pyridine rings is 1. The van der Waals surface area contributed by atoms with Crippen molar-refractivity contribution in [2.75, 3.05) is 12.0 Å². The molecule has 0 aliphatic rings. The maximum absolute atomic E-state index is 14.0. The van der Waals surface area contributed by atoms with Crippen molar-refractivity contribution in [3.8, 4) is 11.5 Å². The van der Waals surface area contributed by atoms with Crippen molar-refractivity contribution in [2.24, 2.45) is 0 Å². The molecule has 0 aliphatic heterocycles. The number of amides is 1. The molecule has 0 spiro atoms. The van der Waals surface area contributed by atoms with Crippen molar-refractivity contribution in [1.82, 2.24) is 25.3 Å². The molecule has 4 rings (SSSR count). The Balaban J connectivity index is 1.65.